The number of nitrogens with zero attached hydrogens (tertiary/aromatic N) is 1. The number of ether oxygens (including phenoxy) is 1. The minimum Gasteiger partial charge on any atom is -0.481 e. The van der Waals surface area contributed by atoms with Crippen LogP contribution in [0.15, 0.2) is 0 Å². The van der Waals surface area contributed by atoms with Crippen LogP contribution in [0.3, 0.4) is 0 Å². The summed E-state index contributed by atoms with van der Waals surface area (Å²) in [5.74, 6) is -0.356. The van der Waals surface area contributed by atoms with Gasteiger partial charge in [0.05, 0.1) is 25.7 Å². The molecule has 0 radical (unpaired) electrons. The van der Waals surface area contributed by atoms with Crippen LogP contribution in [-0.4, -0.2) is 53.8 Å². The molecule has 0 aromatic heterocycles. The second kappa shape index (κ2) is 7.64. The average molecular weight is 298 g/mol. The maximum Gasteiger partial charge on any atom is 0.318 e. The fourth-order valence-corrected chi connectivity index (χ4v) is 3.32. The molecule has 1 heterocycles. The lowest BCUT2D eigenvalue weighted by Crippen LogP contribution is -2.55. The summed E-state index contributed by atoms with van der Waals surface area (Å²) < 4.78 is 5.30. The predicted molar refractivity (Wildman–Crippen MR) is 78.1 cm³/mol. The second-order valence-corrected chi connectivity index (χ2v) is 6.16. The molecule has 2 N–H and O–H groups in total. The zero-order chi connectivity index (χ0) is 15.2. The molecule has 0 aromatic carbocycles. The summed E-state index contributed by atoms with van der Waals surface area (Å²) >= 11 is 0. The number of carbonyl (C=O) groups is 2. The first-order valence-electron chi connectivity index (χ1n) is 7.94. The lowest BCUT2D eigenvalue weighted by atomic mass is 9.84. The molecule has 2 amide bonds. The Morgan fingerprint density at radius 1 is 1.33 bits per heavy atom. The zero-order valence-electron chi connectivity index (χ0n) is 12.7. The first-order valence-corrected chi connectivity index (χ1v) is 7.94. The molecule has 1 saturated heterocycles. The number of carboxylic acid groups (broad SMARTS) is 1. The van der Waals surface area contributed by atoms with E-state index in [0.29, 0.717) is 25.7 Å². The Hall–Kier alpha value is -1.30. The third-order valence-corrected chi connectivity index (χ3v) is 4.61. The summed E-state index contributed by atoms with van der Waals surface area (Å²) in [5, 5.41) is 12.0. The van der Waals surface area contributed by atoms with Crippen LogP contribution < -0.4 is 5.32 Å². The Balaban J connectivity index is 1.88. The fraction of sp³-hybridized carbons (Fsp3) is 0.867. The lowest BCUT2D eigenvalue weighted by molar-refractivity contribution is -0.139. The Morgan fingerprint density at radius 2 is 2.05 bits per heavy atom. The van der Waals surface area contributed by atoms with Gasteiger partial charge in [-0.3, -0.25) is 4.79 Å². The Kier molecular flexibility index (Phi) is 5.85. The van der Waals surface area contributed by atoms with Gasteiger partial charge in [-0.25, -0.2) is 4.79 Å². The molecular weight excluding hydrogens is 272 g/mol. The summed E-state index contributed by atoms with van der Waals surface area (Å²) in [6, 6.07) is -0.372. The average Bonchev–Trinajstić information content (AvgIpc) is 2.48. The van der Waals surface area contributed by atoms with E-state index in [1.54, 1.807) is 4.90 Å². The van der Waals surface area contributed by atoms with Crippen molar-refractivity contribution in [3.8, 4) is 0 Å². The van der Waals surface area contributed by atoms with Gasteiger partial charge < -0.3 is 20.1 Å². The van der Waals surface area contributed by atoms with Crippen LogP contribution >= 0.6 is 0 Å². The quantitative estimate of drug-likeness (QED) is 0.830. The number of rotatable bonds is 4. The highest BCUT2D eigenvalue weighted by atomic mass is 16.5. The molecular formula is C15H26N2O4. The highest BCUT2D eigenvalue weighted by molar-refractivity contribution is 5.76. The molecule has 2 rings (SSSR count). The number of amides is 2. The van der Waals surface area contributed by atoms with Gasteiger partial charge in [-0.1, -0.05) is 19.3 Å². The molecule has 120 valence electrons. The lowest BCUT2D eigenvalue weighted by Gasteiger charge is -2.37. The van der Waals surface area contributed by atoms with Gasteiger partial charge in [-0.2, -0.15) is 0 Å². The summed E-state index contributed by atoms with van der Waals surface area (Å²) in [7, 11) is 0. The number of carbonyl (C=O) groups excluding carboxylic acids is 1. The van der Waals surface area contributed by atoms with E-state index in [1.165, 1.54) is 32.1 Å². The van der Waals surface area contributed by atoms with E-state index in [9.17, 15) is 9.59 Å². The van der Waals surface area contributed by atoms with Gasteiger partial charge in [0.2, 0.25) is 0 Å². The van der Waals surface area contributed by atoms with Gasteiger partial charge in [0, 0.05) is 12.6 Å². The standard InChI is InChI=1S/C15H26N2O4/c1-11(12-5-3-2-4-6-12)16-15(20)17-7-8-21-10-13(17)9-14(18)19/h11-13H,2-10H2,1H3,(H,16,20)(H,18,19). The molecule has 1 saturated carbocycles. The molecule has 2 fully saturated rings. The molecule has 2 unspecified atom stereocenters. The topological polar surface area (TPSA) is 78.9 Å². The van der Waals surface area contributed by atoms with Crippen molar-refractivity contribution >= 4 is 12.0 Å². The number of morpholine rings is 1. The molecule has 1 aliphatic heterocycles. The van der Waals surface area contributed by atoms with Gasteiger partial charge in [0.15, 0.2) is 0 Å². The molecule has 2 aliphatic rings. The van der Waals surface area contributed by atoms with E-state index >= 15 is 0 Å². The smallest absolute Gasteiger partial charge is 0.318 e. The third kappa shape index (κ3) is 4.59. The van der Waals surface area contributed by atoms with E-state index in [2.05, 4.69) is 12.2 Å². The number of aliphatic carboxylic acids is 1. The minimum atomic E-state index is -0.899. The van der Waals surface area contributed by atoms with Crippen LogP contribution in [0.5, 0.6) is 0 Å². The van der Waals surface area contributed by atoms with Crippen LogP contribution in [-0.2, 0) is 9.53 Å². The van der Waals surface area contributed by atoms with Crippen LogP contribution in [0.25, 0.3) is 0 Å². The van der Waals surface area contributed by atoms with Gasteiger partial charge in [0.1, 0.15) is 0 Å². The molecule has 2 atom stereocenters. The number of urea groups is 1. The van der Waals surface area contributed by atoms with E-state index < -0.39 is 5.97 Å². The van der Waals surface area contributed by atoms with Crippen molar-refractivity contribution in [2.75, 3.05) is 19.8 Å². The van der Waals surface area contributed by atoms with Crippen molar-refractivity contribution in [3.63, 3.8) is 0 Å². The van der Waals surface area contributed by atoms with Crippen molar-refractivity contribution in [1.29, 1.82) is 0 Å². The summed E-state index contributed by atoms with van der Waals surface area (Å²) in [6.45, 7) is 3.29. The molecule has 1 aliphatic carbocycles. The fourth-order valence-electron chi connectivity index (χ4n) is 3.32. The zero-order valence-corrected chi connectivity index (χ0v) is 12.7. The Labute approximate surface area is 125 Å². The maximum absolute atomic E-state index is 12.4. The molecule has 6 heteroatoms. The van der Waals surface area contributed by atoms with E-state index in [0.717, 1.165) is 0 Å². The first-order chi connectivity index (χ1) is 10.1. The van der Waals surface area contributed by atoms with E-state index in [-0.39, 0.29) is 24.5 Å². The third-order valence-electron chi connectivity index (χ3n) is 4.61. The van der Waals surface area contributed by atoms with Crippen LogP contribution in [0.4, 0.5) is 4.79 Å². The molecule has 0 aromatic rings. The van der Waals surface area contributed by atoms with Crippen molar-refractivity contribution in [3.05, 3.63) is 0 Å². The largest absolute Gasteiger partial charge is 0.481 e. The number of hydrogen-bond donors (Lipinski definition) is 2. The van der Waals surface area contributed by atoms with E-state index in [4.69, 9.17) is 9.84 Å². The van der Waals surface area contributed by atoms with Crippen LogP contribution in [0.2, 0.25) is 0 Å². The first kappa shape index (κ1) is 16.1. The SMILES string of the molecule is CC(NC(=O)N1CCOCC1CC(=O)O)C1CCCCC1. The monoisotopic (exact) mass is 298 g/mol. The summed E-state index contributed by atoms with van der Waals surface area (Å²) in [6.07, 6.45) is 6.05. The predicted octanol–water partition coefficient (Wildman–Crippen LogP) is 1.84. The Bertz CT molecular complexity index is 369. The van der Waals surface area contributed by atoms with Crippen molar-refractivity contribution in [2.24, 2.45) is 5.92 Å². The minimum absolute atomic E-state index is 0.0643. The maximum atomic E-state index is 12.4. The normalized spacial score (nSPS) is 25.4. The Morgan fingerprint density at radius 3 is 2.71 bits per heavy atom. The van der Waals surface area contributed by atoms with Crippen molar-refractivity contribution in [2.45, 2.75) is 57.5 Å². The summed E-state index contributed by atoms with van der Waals surface area (Å²) in [4.78, 5) is 24.9. The highest BCUT2D eigenvalue weighted by Crippen LogP contribution is 2.26. The molecule has 21 heavy (non-hydrogen) atoms. The van der Waals surface area contributed by atoms with Gasteiger partial charge >= 0.3 is 12.0 Å². The number of nitrogens with one attached hydrogen (secondary N) is 1. The number of carboxylic acids is 1. The summed E-state index contributed by atoms with van der Waals surface area (Å²) in [5.41, 5.74) is 0. The van der Waals surface area contributed by atoms with Crippen LogP contribution in [0.1, 0.15) is 45.4 Å². The van der Waals surface area contributed by atoms with Gasteiger partial charge in [-0.15, -0.1) is 0 Å². The molecule has 0 spiro atoms. The van der Waals surface area contributed by atoms with Crippen LogP contribution in [0, 0.1) is 5.92 Å². The van der Waals surface area contributed by atoms with Gasteiger partial charge in [0.25, 0.3) is 0 Å². The molecule has 6 nitrogen and oxygen atoms in total. The number of hydrogen-bond acceptors (Lipinski definition) is 3. The molecule has 0 bridgehead atoms. The van der Waals surface area contributed by atoms with Crippen molar-refractivity contribution in [1.82, 2.24) is 10.2 Å². The second-order valence-electron chi connectivity index (χ2n) is 6.16. The highest BCUT2D eigenvalue weighted by Gasteiger charge is 2.31. The van der Waals surface area contributed by atoms with Gasteiger partial charge in [-0.05, 0) is 25.7 Å². The van der Waals surface area contributed by atoms with E-state index in [1.807, 2.05) is 0 Å². The van der Waals surface area contributed by atoms with Crippen molar-refractivity contribution < 1.29 is 19.4 Å².